The molecule has 1 rings (SSSR count). The third-order valence-corrected chi connectivity index (χ3v) is 2.81. The van der Waals surface area contributed by atoms with Crippen molar-refractivity contribution >= 4 is 10.3 Å². The number of nitrogens with zero attached hydrogens (tertiary/aromatic N) is 2. The van der Waals surface area contributed by atoms with Crippen LogP contribution in [0, 0.1) is 0 Å². The standard InChI is InChI=1S/C5H12N2O3S/c1-6-2-4-7(5-3-6)11(8,9)10/h2-5H2,1H3,(H,8,9,10). The summed E-state index contributed by atoms with van der Waals surface area (Å²) in [5.41, 5.74) is 0. The van der Waals surface area contributed by atoms with E-state index in [2.05, 4.69) is 0 Å². The highest BCUT2D eigenvalue weighted by atomic mass is 32.2. The van der Waals surface area contributed by atoms with Gasteiger partial charge in [-0.2, -0.15) is 12.7 Å². The highest BCUT2D eigenvalue weighted by Crippen LogP contribution is 2.02. The quantitative estimate of drug-likeness (QED) is 0.528. The van der Waals surface area contributed by atoms with Crippen LogP contribution in [0.1, 0.15) is 0 Å². The lowest BCUT2D eigenvalue weighted by atomic mass is 10.4. The molecule has 1 aliphatic heterocycles. The smallest absolute Gasteiger partial charge is 0.304 e. The minimum atomic E-state index is -3.94. The molecule has 0 bridgehead atoms. The van der Waals surface area contributed by atoms with Gasteiger partial charge >= 0.3 is 10.3 Å². The van der Waals surface area contributed by atoms with Crippen molar-refractivity contribution in [1.82, 2.24) is 9.21 Å². The first kappa shape index (κ1) is 8.92. The second kappa shape index (κ2) is 3.06. The van der Waals surface area contributed by atoms with Gasteiger partial charge in [-0.3, -0.25) is 4.55 Å². The van der Waals surface area contributed by atoms with Crippen LogP contribution >= 0.6 is 0 Å². The van der Waals surface area contributed by atoms with Crippen LogP contribution in [0.4, 0.5) is 0 Å². The van der Waals surface area contributed by atoms with Crippen LogP contribution in [0.5, 0.6) is 0 Å². The average Bonchev–Trinajstić information content (AvgIpc) is 1.86. The van der Waals surface area contributed by atoms with Crippen molar-refractivity contribution in [3.05, 3.63) is 0 Å². The molecule has 1 aliphatic rings. The van der Waals surface area contributed by atoms with Gasteiger partial charge < -0.3 is 4.90 Å². The average molecular weight is 180 g/mol. The lowest BCUT2D eigenvalue weighted by Crippen LogP contribution is -2.46. The molecule has 11 heavy (non-hydrogen) atoms. The van der Waals surface area contributed by atoms with E-state index in [9.17, 15) is 8.42 Å². The third kappa shape index (κ3) is 2.41. The van der Waals surface area contributed by atoms with Gasteiger partial charge in [-0.05, 0) is 7.05 Å². The second-order valence-corrected chi connectivity index (χ2v) is 4.09. The molecule has 0 saturated carbocycles. The summed E-state index contributed by atoms with van der Waals surface area (Å²) in [4.78, 5) is 2.02. The molecule has 6 heteroatoms. The minimum absolute atomic E-state index is 0.384. The first-order valence-electron chi connectivity index (χ1n) is 3.41. The van der Waals surface area contributed by atoms with Gasteiger partial charge in [0.2, 0.25) is 0 Å². The Balaban J connectivity index is 2.53. The van der Waals surface area contributed by atoms with Crippen LogP contribution < -0.4 is 0 Å². The van der Waals surface area contributed by atoms with E-state index in [1.165, 1.54) is 0 Å². The molecule has 0 radical (unpaired) electrons. The summed E-state index contributed by atoms with van der Waals surface area (Å²) >= 11 is 0. The Morgan fingerprint density at radius 2 is 1.64 bits per heavy atom. The summed E-state index contributed by atoms with van der Waals surface area (Å²) < 4.78 is 30.8. The lowest BCUT2D eigenvalue weighted by molar-refractivity contribution is 0.210. The van der Waals surface area contributed by atoms with Crippen molar-refractivity contribution in [3.63, 3.8) is 0 Å². The zero-order valence-electron chi connectivity index (χ0n) is 6.39. The number of hydrogen-bond acceptors (Lipinski definition) is 3. The number of hydrogen-bond donors (Lipinski definition) is 1. The molecule has 0 amide bonds. The number of rotatable bonds is 1. The molecular weight excluding hydrogens is 168 g/mol. The molecule has 0 aromatic heterocycles. The summed E-state index contributed by atoms with van der Waals surface area (Å²) in [5, 5.41) is 0. The summed E-state index contributed by atoms with van der Waals surface area (Å²) in [6, 6.07) is 0. The molecule has 1 heterocycles. The Labute approximate surface area is 66.5 Å². The second-order valence-electron chi connectivity index (χ2n) is 2.68. The molecule has 5 nitrogen and oxygen atoms in total. The van der Waals surface area contributed by atoms with E-state index < -0.39 is 10.3 Å². The SMILES string of the molecule is CN1CCN(S(=O)(=O)O)CC1. The maximum absolute atomic E-state index is 10.6. The summed E-state index contributed by atoms with van der Waals surface area (Å²) in [5.74, 6) is 0. The fourth-order valence-electron chi connectivity index (χ4n) is 1.02. The fourth-order valence-corrected chi connectivity index (χ4v) is 1.64. The van der Waals surface area contributed by atoms with E-state index >= 15 is 0 Å². The zero-order valence-corrected chi connectivity index (χ0v) is 7.21. The molecule has 0 aromatic carbocycles. The molecule has 66 valence electrons. The van der Waals surface area contributed by atoms with Gasteiger partial charge in [-0.25, -0.2) is 0 Å². The zero-order chi connectivity index (χ0) is 8.48. The van der Waals surface area contributed by atoms with Gasteiger partial charge in [0.25, 0.3) is 0 Å². The van der Waals surface area contributed by atoms with Crippen molar-refractivity contribution < 1.29 is 13.0 Å². The lowest BCUT2D eigenvalue weighted by Gasteiger charge is -2.29. The van der Waals surface area contributed by atoms with Crippen LogP contribution in [0.25, 0.3) is 0 Å². The van der Waals surface area contributed by atoms with Crippen LogP contribution in [-0.4, -0.2) is 55.4 Å². The molecule has 0 aliphatic carbocycles. The van der Waals surface area contributed by atoms with E-state index in [-0.39, 0.29) is 0 Å². The van der Waals surface area contributed by atoms with Gasteiger partial charge in [0.1, 0.15) is 0 Å². The predicted octanol–water partition coefficient (Wildman–Crippen LogP) is -0.963. The largest absolute Gasteiger partial charge is 0.335 e. The van der Waals surface area contributed by atoms with Crippen molar-refractivity contribution in [1.29, 1.82) is 0 Å². The van der Waals surface area contributed by atoms with E-state index in [1.807, 2.05) is 11.9 Å². The first-order chi connectivity index (χ1) is 5.00. The van der Waals surface area contributed by atoms with Gasteiger partial charge in [0, 0.05) is 26.2 Å². The Morgan fingerprint density at radius 1 is 1.18 bits per heavy atom. The first-order valence-corrected chi connectivity index (χ1v) is 4.81. The third-order valence-electron chi connectivity index (χ3n) is 1.79. The van der Waals surface area contributed by atoms with Gasteiger partial charge in [0.15, 0.2) is 0 Å². The predicted molar refractivity (Wildman–Crippen MR) is 40.6 cm³/mol. The number of likely N-dealkylation sites (N-methyl/N-ethyl adjacent to an activating group) is 1. The van der Waals surface area contributed by atoms with Gasteiger partial charge in [-0.1, -0.05) is 0 Å². The maximum Gasteiger partial charge on any atom is 0.335 e. The summed E-state index contributed by atoms with van der Waals surface area (Å²) in [6.45, 7) is 2.13. The van der Waals surface area contributed by atoms with Gasteiger partial charge in [-0.15, -0.1) is 0 Å². The number of piperazine rings is 1. The van der Waals surface area contributed by atoms with Crippen LogP contribution in [0.2, 0.25) is 0 Å². The Kier molecular flexibility index (Phi) is 2.48. The summed E-state index contributed by atoms with van der Waals surface area (Å²) in [6.07, 6.45) is 0. The van der Waals surface area contributed by atoms with Crippen molar-refractivity contribution in [2.24, 2.45) is 0 Å². The molecular formula is C5H12N2O3S. The molecule has 1 N–H and O–H groups in total. The minimum Gasteiger partial charge on any atom is -0.304 e. The Bertz CT molecular complexity index is 218. The highest BCUT2D eigenvalue weighted by Gasteiger charge is 2.22. The van der Waals surface area contributed by atoms with E-state index in [4.69, 9.17) is 4.55 Å². The normalized spacial score (nSPS) is 23.8. The Hall–Kier alpha value is -0.170. The topological polar surface area (TPSA) is 60.9 Å². The molecule has 1 fully saturated rings. The van der Waals surface area contributed by atoms with Gasteiger partial charge in [0.05, 0.1) is 0 Å². The van der Waals surface area contributed by atoms with Crippen LogP contribution in [0.3, 0.4) is 0 Å². The van der Waals surface area contributed by atoms with Crippen molar-refractivity contribution in [3.8, 4) is 0 Å². The highest BCUT2D eigenvalue weighted by molar-refractivity contribution is 7.83. The molecule has 0 unspecified atom stereocenters. The summed E-state index contributed by atoms with van der Waals surface area (Å²) in [7, 11) is -2.02. The molecule has 0 atom stereocenters. The molecule has 1 saturated heterocycles. The van der Waals surface area contributed by atoms with Crippen LogP contribution in [0.15, 0.2) is 0 Å². The van der Waals surface area contributed by atoms with Crippen molar-refractivity contribution in [2.75, 3.05) is 33.2 Å². The van der Waals surface area contributed by atoms with E-state index in [0.29, 0.717) is 26.2 Å². The monoisotopic (exact) mass is 180 g/mol. The maximum atomic E-state index is 10.6. The van der Waals surface area contributed by atoms with E-state index in [0.717, 1.165) is 4.31 Å². The van der Waals surface area contributed by atoms with E-state index in [1.54, 1.807) is 0 Å². The Morgan fingerprint density at radius 3 is 2.00 bits per heavy atom. The molecule has 0 aromatic rings. The van der Waals surface area contributed by atoms with Crippen LogP contribution in [-0.2, 0) is 10.3 Å². The van der Waals surface area contributed by atoms with Crippen molar-refractivity contribution in [2.45, 2.75) is 0 Å². The molecule has 0 spiro atoms. The fraction of sp³-hybridized carbons (Fsp3) is 1.00.